The van der Waals surface area contributed by atoms with E-state index in [-0.39, 0.29) is 0 Å². The van der Waals surface area contributed by atoms with E-state index >= 15 is 0 Å². The summed E-state index contributed by atoms with van der Waals surface area (Å²) in [5, 5.41) is 8.12. The van der Waals surface area contributed by atoms with Crippen LogP contribution in [0.5, 0.6) is 5.75 Å². The van der Waals surface area contributed by atoms with Crippen molar-refractivity contribution < 1.29 is 9.26 Å². The minimum absolute atomic E-state index is 0.670. The Hall–Kier alpha value is -2.38. The minimum Gasteiger partial charge on any atom is -0.495 e. The Bertz CT molecular complexity index is 810. The second-order valence-corrected chi connectivity index (χ2v) is 6.74. The normalized spacial score (nSPS) is 15.5. The van der Waals surface area contributed by atoms with Crippen molar-refractivity contribution in [3.05, 3.63) is 47.0 Å². The van der Waals surface area contributed by atoms with Gasteiger partial charge in [0.25, 0.3) is 0 Å². The second kappa shape index (κ2) is 7.25. The third-order valence-electron chi connectivity index (χ3n) is 4.40. The Labute approximate surface area is 150 Å². The molecule has 0 saturated carbocycles. The number of anilines is 1. The number of methoxy groups -OCH3 is 1. The number of ether oxygens (including phenoxy) is 1. The van der Waals surface area contributed by atoms with Crippen molar-refractivity contribution in [2.24, 2.45) is 0 Å². The summed E-state index contributed by atoms with van der Waals surface area (Å²) in [4.78, 5) is 9.21. The molecule has 0 aliphatic carbocycles. The summed E-state index contributed by atoms with van der Waals surface area (Å²) in [5.41, 5.74) is 2.17. The zero-order valence-electron chi connectivity index (χ0n) is 14.1. The lowest BCUT2D eigenvalue weighted by Crippen LogP contribution is -2.46. The van der Waals surface area contributed by atoms with E-state index in [1.165, 1.54) is 0 Å². The van der Waals surface area contributed by atoms with Gasteiger partial charge in [-0.15, -0.1) is 0 Å². The van der Waals surface area contributed by atoms with Crippen molar-refractivity contribution in [1.82, 2.24) is 15.0 Å². The predicted octanol–water partition coefficient (Wildman–Crippen LogP) is 3.13. The number of aromatic nitrogens is 2. The number of para-hydroxylation sites is 2. The lowest BCUT2D eigenvalue weighted by Gasteiger charge is -2.35. The Morgan fingerprint density at radius 3 is 2.76 bits per heavy atom. The Morgan fingerprint density at radius 2 is 2.00 bits per heavy atom. The van der Waals surface area contributed by atoms with Crippen molar-refractivity contribution in [2.45, 2.75) is 6.54 Å². The number of thiophene rings is 1. The molecule has 0 radical (unpaired) electrons. The summed E-state index contributed by atoms with van der Waals surface area (Å²) in [6.45, 7) is 4.50. The summed E-state index contributed by atoms with van der Waals surface area (Å²) in [7, 11) is 1.72. The molecule has 1 saturated heterocycles. The monoisotopic (exact) mass is 356 g/mol. The van der Waals surface area contributed by atoms with E-state index < -0.39 is 0 Å². The van der Waals surface area contributed by atoms with Crippen LogP contribution in [-0.2, 0) is 6.54 Å². The molecule has 1 aromatic carbocycles. The van der Waals surface area contributed by atoms with E-state index in [0.29, 0.717) is 18.3 Å². The molecule has 0 atom stereocenters. The molecule has 25 heavy (non-hydrogen) atoms. The number of rotatable bonds is 5. The van der Waals surface area contributed by atoms with Gasteiger partial charge in [0.15, 0.2) is 0 Å². The first-order chi connectivity index (χ1) is 12.3. The van der Waals surface area contributed by atoms with Crippen molar-refractivity contribution in [3.8, 4) is 17.1 Å². The van der Waals surface area contributed by atoms with E-state index in [2.05, 4.69) is 32.1 Å². The Balaban J connectivity index is 1.36. The molecule has 0 N–H and O–H groups in total. The third kappa shape index (κ3) is 3.52. The molecule has 3 aromatic rings. The second-order valence-electron chi connectivity index (χ2n) is 5.96. The van der Waals surface area contributed by atoms with Gasteiger partial charge in [0.1, 0.15) is 5.75 Å². The van der Waals surface area contributed by atoms with Gasteiger partial charge in [0, 0.05) is 37.1 Å². The maximum absolute atomic E-state index is 5.47. The summed E-state index contributed by atoms with van der Waals surface area (Å²) >= 11 is 1.63. The molecule has 0 spiro atoms. The number of piperazine rings is 1. The molecule has 0 unspecified atom stereocenters. The zero-order valence-corrected chi connectivity index (χ0v) is 14.9. The summed E-state index contributed by atoms with van der Waals surface area (Å²) in [5.74, 6) is 2.27. The molecule has 1 aliphatic rings. The Kier molecular flexibility index (Phi) is 4.67. The van der Waals surface area contributed by atoms with Crippen molar-refractivity contribution in [3.63, 3.8) is 0 Å². The molecule has 1 fully saturated rings. The SMILES string of the molecule is COc1ccccc1N1CCN(Cc2nc(-c3ccsc3)no2)CC1. The van der Waals surface area contributed by atoms with Crippen molar-refractivity contribution in [2.75, 3.05) is 38.2 Å². The van der Waals surface area contributed by atoms with Crippen LogP contribution in [0.15, 0.2) is 45.6 Å². The highest BCUT2D eigenvalue weighted by Gasteiger charge is 2.21. The van der Waals surface area contributed by atoms with E-state index in [1.807, 2.05) is 29.0 Å². The molecule has 0 bridgehead atoms. The molecule has 6 nitrogen and oxygen atoms in total. The van der Waals surface area contributed by atoms with Crippen LogP contribution in [0.4, 0.5) is 5.69 Å². The fourth-order valence-electron chi connectivity index (χ4n) is 3.06. The van der Waals surface area contributed by atoms with Crippen LogP contribution >= 0.6 is 11.3 Å². The maximum atomic E-state index is 5.47. The van der Waals surface area contributed by atoms with E-state index in [9.17, 15) is 0 Å². The topological polar surface area (TPSA) is 54.6 Å². The summed E-state index contributed by atoms with van der Waals surface area (Å²) < 4.78 is 10.9. The number of hydrogen-bond acceptors (Lipinski definition) is 7. The number of nitrogens with zero attached hydrogens (tertiary/aromatic N) is 4. The number of benzene rings is 1. The molecular weight excluding hydrogens is 336 g/mol. The van der Waals surface area contributed by atoms with Gasteiger partial charge in [-0.05, 0) is 23.6 Å². The fraction of sp³-hybridized carbons (Fsp3) is 0.333. The van der Waals surface area contributed by atoms with Gasteiger partial charge in [0.05, 0.1) is 19.3 Å². The molecule has 4 rings (SSSR count). The fourth-order valence-corrected chi connectivity index (χ4v) is 3.69. The lowest BCUT2D eigenvalue weighted by molar-refractivity contribution is 0.215. The van der Waals surface area contributed by atoms with Crippen LogP contribution in [0.25, 0.3) is 11.4 Å². The van der Waals surface area contributed by atoms with Gasteiger partial charge < -0.3 is 14.2 Å². The van der Waals surface area contributed by atoms with Crippen LogP contribution in [0.1, 0.15) is 5.89 Å². The quantitative estimate of drug-likeness (QED) is 0.700. The van der Waals surface area contributed by atoms with Crippen LogP contribution < -0.4 is 9.64 Å². The average molecular weight is 356 g/mol. The highest BCUT2D eigenvalue weighted by Crippen LogP contribution is 2.28. The van der Waals surface area contributed by atoms with Crippen LogP contribution in [0, 0.1) is 0 Å². The smallest absolute Gasteiger partial charge is 0.241 e. The van der Waals surface area contributed by atoms with Gasteiger partial charge in [-0.2, -0.15) is 16.3 Å². The molecule has 7 heteroatoms. The van der Waals surface area contributed by atoms with Crippen LogP contribution in [-0.4, -0.2) is 48.3 Å². The largest absolute Gasteiger partial charge is 0.495 e. The van der Waals surface area contributed by atoms with E-state index in [1.54, 1.807) is 18.4 Å². The highest BCUT2D eigenvalue weighted by atomic mass is 32.1. The molecule has 130 valence electrons. The van der Waals surface area contributed by atoms with Crippen molar-refractivity contribution >= 4 is 17.0 Å². The molecule has 0 amide bonds. The molecule has 3 heterocycles. The molecule has 2 aromatic heterocycles. The lowest BCUT2D eigenvalue weighted by atomic mass is 10.2. The first-order valence-corrected chi connectivity index (χ1v) is 9.23. The Morgan fingerprint density at radius 1 is 1.16 bits per heavy atom. The maximum Gasteiger partial charge on any atom is 0.241 e. The number of hydrogen-bond donors (Lipinski definition) is 0. The predicted molar refractivity (Wildman–Crippen MR) is 98.1 cm³/mol. The van der Waals surface area contributed by atoms with Gasteiger partial charge in [-0.1, -0.05) is 17.3 Å². The van der Waals surface area contributed by atoms with Gasteiger partial charge >= 0.3 is 0 Å². The highest BCUT2D eigenvalue weighted by molar-refractivity contribution is 7.08. The van der Waals surface area contributed by atoms with Crippen molar-refractivity contribution in [1.29, 1.82) is 0 Å². The summed E-state index contributed by atoms with van der Waals surface area (Å²) in [6.07, 6.45) is 0. The van der Waals surface area contributed by atoms with Gasteiger partial charge in [0.2, 0.25) is 11.7 Å². The standard InChI is InChI=1S/C18H20N4O2S/c1-23-16-5-3-2-4-15(16)22-9-7-21(8-10-22)12-17-19-18(20-24-17)14-6-11-25-13-14/h2-6,11,13H,7-10,12H2,1H3. The molecule has 1 aliphatic heterocycles. The van der Waals surface area contributed by atoms with Crippen LogP contribution in [0.2, 0.25) is 0 Å². The first kappa shape index (κ1) is 16.1. The third-order valence-corrected chi connectivity index (χ3v) is 5.09. The average Bonchev–Trinajstić information content (AvgIpc) is 3.34. The first-order valence-electron chi connectivity index (χ1n) is 8.29. The van der Waals surface area contributed by atoms with E-state index in [0.717, 1.165) is 43.2 Å². The minimum atomic E-state index is 0.670. The van der Waals surface area contributed by atoms with E-state index in [4.69, 9.17) is 9.26 Å². The van der Waals surface area contributed by atoms with Gasteiger partial charge in [-0.3, -0.25) is 4.90 Å². The molecular formula is C18H20N4O2S. The zero-order chi connectivity index (χ0) is 17.1. The van der Waals surface area contributed by atoms with Gasteiger partial charge in [-0.25, -0.2) is 0 Å². The van der Waals surface area contributed by atoms with Crippen LogP contribution in [0.3, 0.4) is 0 Å². The summed E-state index contributed by atoms with van der Waals surface area (Å²) in [6, 6.07) is 10.2.